The molecule has 0 saturated heterocycles. The summed E-state index contributed by atoms with van der Waals surface area (Å²) < 4.78 is 42.3. The van der Waals surface area contributed by atoms with Crippen LogP contribution in [0.3, 0.4) is 0 Å². The van der Waals surface area contributed by atoms with Crippen molar-refractivity contribution in [2.75, 3.05) is 5.75 Å². The van der Waals surface area contributed by atoms with Crippen LogP contribution in [-0.2, 0) is 9.53 Å². The number of imide groups is 1. The lowest BCUT2D eigenvalue weighted by atomic mass is 10.2. The maximum atomic E-state index is 12.5. The van der Waals surface area contributed by atoms with E-state index < -0.39 is 30.2 Å². The molecule has 3 amide bonds. The zero-order valence-corrected chi connectivity index (χ0v) is 16.5. The smallest absolute Gasteiger partial charge is 0.425 e. The van der Waals surface area contributed by atoms with Crippen LogP contribution in [-0.4, -0.2) is 40.9 Å². The van der Waals surface area contributed by atoms with Gasteiger partial charge in [-0.3, -0.25) is 14.9 Å². The van der Waals surface area contributed by atoms with E-state index in [1.54, 1.807) is 17.4 Å². The maximum Gasteiger partial charge on any atom is 0.425 e. The standard InChI is InChI=1S/C17H14F3N3O4S2/c1-8(17(18,19)20)27-16(26)23-12(24)9-6-7-28-14(9)22-13(25)15-21-10-4-2-3-5-11(10)29-15/h2-5,8H,6-7H2,1H3,(H,22,25)(H,23,24,26). The number of rotatable bonds is 4. The molecule has 2 aromatic rings. The number of carbonyl (C=O) groups excluding carboxylic acids is 3. The predicted molar refractivity (Wildman–Crippen MR) is 101 cm³/mol. The quantitative estimate of drug-likeness (QED) is 0.747. The molecule has 1 atom stereocenters. The molecule has 1 aliphatic heterocycles. The molecule has 1 aromatic heterocycles. The molecular weight excluding hydrogens is 431 g/mol. The van der Waals surface area contributed by atoms with E-state index in [1.165, 1.54) is 23.1 Å². The van der Waals surface area contributed by atoms with Gasteiger partial charge in [0, 0.05) is 11.3 Å². The molecule has 0 radical (unpaired) electrons. The van der Waals surface area contributed by atoms with Crippen LogP contribution in [0.25, 0.3) is 10.2 Å². The molecular formula is C17H14F3N3O4S2. The molecule has 2 heterocycles. The number of amides is 3. The third kappa shape index (κ3) is 5.07. The van der Waals surface area contributed by atoms with E-state index in [2.05, 4.69) is 15.0 Å². The Morgan fingerprint density at radius 3 is 2.62 bits per heavy atom. The van der Waals surface area contributed by atoms with Gasteiger partial charge in [-0.05, 0) is 25.5 Å². The summed E-state index contributed by atoms with van der Waals surface area (Å²) in [5, 5.41) is 4.76. The van der Waals surface area contributed by atoms with Crippen LogP contribution >= 0.6 is 23.1 Å². The Balaban J connectivity index is 1.67. The van der Waals surface area contributed by atoms with Crippen molar-refractivity contribution in [2.24, 2.45) is 0 Å². The van der Waals surface area contributed by atoms with Crippen molar-refractivity contribution in [3.63, 3.8) is 0 Å². The number of nitrogens with one attached hydrogen (secondary N) is 2. The van der Waals surface area contributed by atoms with Crippen molar-refractivity contribution in [3.05, 3.63) is 39.9 Å². The van der Waals surface area contributed by atoms with Gasteiger partial charge in [0.05, 0.1) is 15.2 Å². The molecule has 0 bridgehead atoms. The summed E-state index contributed by atoms with van der Waals surface area (Å²) in [6, 6.07) is 7.19. The summed E-state index contributed by atoms with van der Waals surface area (Å²) >= 11 is 2.37. The summed E-state index contributed by atoms with van der Waals surface area (Å²) in [6.07, 6.45) is -8.38. The summed E-state index contributed by atoms with van der Waals surface area (Å²) in [4.78, 5) is 40.4. The Morgan fingerprint density at radius 1 is 1.21 bits per heavy atom. The summed E-state index contributed by atoms with van der Waals surface area (Å²) in [7, 11) is 0. The first-order valence-electron chi connectivity index (χ1n) is 8.26. The molecule has 0 aliphatic carbocycles. The average molecular weight is 445 g/mol. The third-order valence-electron chi connectivity index (χ3n) is 3.82. The van der Waals surface area contributed by atoms with Crippen LogP contribution in [0.4, 0.5) is 18.0 Å². The van der Waals surface area contributed by atoms with Gasteiger partial charge < -0.3 is 10.1 Å². The molecule has 0 saturated carbocycles. The molecule has 7 nitrogen and oxygen atoms in total. The zero-order chi connectivity index (χ0) is 21.2. The number of para-hydroxylation sites is 1. The lowest BCUT2D eigenvalue weighted by Gasteiger charge is -2.16. The van der Waals surface area contributed by atoms with E-state index in [0.717, 1.165) is 4.70 Å². The van der Waals surface area contributed by atoms with Gasteiger partial charge >= 0.3 is 12.3 Å². The summed E-state index contributed by atoms with van der Waals surface area (Å²) in [6.45, 7) is 0.651. The van der Waals surface area contributed by atoms with E-state index in [0.29, 0.717) is 18.2 Å². The van der Waals surface area contributed by atoms with Gasteiger partial charge in [0.1, 0.15) is 0 Å². The highest BCUT2D eigenvalue weighted by atomic mass is 32.2. The number of nitrogens with zero attached hydrogens (tertiary/aromatic N) is 1. The predicted octanol–water partition coefficient (Wildman–Crippen LogP) is 3.58. The van der Waals surface area contributed by atoms with Crippen molar-refractivity contribution >= 4 is 51.2 Å². The van der Waals surface area contributed by atoms with E-state index in [4.69, 9.17) is 0 Å². The van der Waals surface area contributed by atoms with Gasteiger partial charge in [-0.1, -0.05) is 12.1 Å². The average Bonchev–Trinajstić information content (AvgIpc) is 3.27. The number of fused-ring (bicyclic) bond motifs is 1. The highest BCUT2D eigenvalue weighted by Gasteiger charge is 2.39. The Morgan fingerprint density at radius 2 is 1.93 bits per heavy atom. The number of aromatic nitrogens is 1. The summed E-state index contributed by atoms with van der Waals surface area (Å²) in [5.74, 6) is -0.977. The number of alkyl carbamates (subject to hydrolysis) is 1. The molecule has 1 aromatic carbocycles. The molecule has 1 aliphatic rings. The van der Waals surface area contributed by atoms with Crippen molar-refractivity contribution in [1.29, 1.82) is 0 Å². The van der Waals surface area contributed by atoms with Crippen LogP contribution in [0.15, 0.2) is 34.9 Å². The first-order chi connectivity index (χ1) is 13.6. The molecule has 1 unspecified atom stereocenters. The second-order valence-electron chi connectivity index (χ2n) is 5.89. The zero-order valence-electron chi connectivity index (χ0n) is 14.8. The van der Waals surface area contributed by atoms with Gasteiger partial charge in [-0.25, -0.2) is 9.78 Å². The number of thioether (sulfide) groups is 1. The maximum absolute atomic E-state index is 12.5. The number of carbonyl (C=O) groups is 3. The number of alkyl halides is 3. The Labute approximate surface area is 170 Å². The monoisotopic (exact) mass is 445 g/mol. The van der Waals surface area contributed by atoms with Gasteiger partial charge in [0.2, 0.25) is 0 Å². The van der Waals surface area contributed by atoms with Crippen LogP contribution in [0.5, 0.6) is 0 Å². The van der Waals surface area contributed by atoms with Crippen LogP contribution in [0.1, 0.15) is 23.1 Å². The fourth-order valence-electron chi connectivity index (χ4n) is 2.33. The minimum Gasteiger partial charge on any atom is -0.437 e. The van der Waals surface area contributed by atoms with E-state index in [-0.39, 0.29) is 22.0 Å². The highest BCUT2D eigenvalue weighted by Crippen LogP contribution is 2.30. The number of thiazole rings is 1. The van der Waals surface area contributed by atoms with E-state index in [1.807, 2.05) is 12.1 Å². The van der Waals surface area contributed by atoms with Crippen LogP contribution in [0, 0.1) is 0 Å². The largest absolute Gasteiger partial charge is 0.437 e. The number of hydrogen-bond acceptors (Lipinski definition) is 7. The molecule has 2 N–H and O–H groups in total. The minimum absolute atomic E-state index is 0.0843. The Hall–Kier alpha value is -2.60. The second-order valence-corrected chi connectivity index (χ2v) is 8.03. The first kappa shape index (κ1) is 21.1. The van der Waals surface area contributed by atoms with Crippen LogP contribution < -0.4 is 10.6 Å². The van der Waals surface area contributed by atoms with Gasteiger partial charge in [-0.15, -0.1) is 23.1 Å². The molecule has 29 heavy (non-hydrogen) atoms. The lowest BCUT2D eigenvalue weighted by Crippen LogP contribution is -2.39. The van der Waals surface area contributed by atoms with Crippen molar-refractivity contribution < 1.29 is 32.3 Å². The second kappa shape index (κ2) is 8.41. The molecule has 12 heteroatoms. The van der Waals surface area contributed by atoms with Crippen molar-refractivity contribution in [3.8, 4) is 0 Å². The SMILES string of the molecule is CC(OC(=O)NC(=O)C1=C(NC(=O)c2nc3ccccc3s2)SCC1)C(F)(F)F. The minimum atomic E-state index is -4.74. The fourth-order valence-corrected chi connectivity index (χ4v) is 4.24. The molecule has 0 fully saturated rings. The van der Waals surface area contributed by atoms with Gasteiger partial charge in [-0.2, -0.15) is 13.2 Å². The lowest BCUT2D eigenvalue weighted by molar-refractivity contribution is -0.197. The third-order valence-corrected chi connectivity index (χ3v) is 5.90. The van der Waals surface area contributed by atoms with Gasteiger partial charge in [0.25, 0.3) is 11.8 Å². The van der Waals surface area contributed by atoms with Gasteiger partial charge in [0.15, 0.2) is 11.1 Å². The molecule has 3 rings (SSSR count). The first-order valence-corrected chi connectivity index (χ1v) is 10.1. The molecule has 0 spiro atoms. The normalized spacial score (nSPS) is 15.3. The van der Waals surface area contributed by atoms with Crippen molar-refractivity contribution in [2.45, 2.75) is 25.6 Å². The van der Waals surface area contributed by atoms with Crippen molar-refractivity contribution in [1.82, 2.24) is 15.6 Å². The Kier molecular flexibility index (Phi) is 6.13. The highest BCUT2D eigenvalue weighted by molar-refractivity contribution is 8.03. The molecule has 154 valence electrons. The number of hydrogen-bond donors (Lipinski definition) is 2. The summed E-state index contributed by atoms with van der Waals surface area (Å²) in [5.41, 5.74) is 0.747. The van der Waals surface area contributed by atoms with Crippen LogP contribution in [0.2, 0.25) is 0 Å². The Bertz CT molecular complexity index is 970. The topological polar surface area (TPSA) is 97.4 Å². The number of benzene rings is 1. The van der Waals surface area contributed by atoms with E-state index in [9.17, 15) is 27.6 Å². The number of halogens is 3. The van der Waals surface area contributed by atoms with E-state index >= 15 is 0 Å². The number of ether oxygens (including phenoxy) is 1. The fraction of sp³-hybridized carbons (Fsp3) is 0.294.